The molecule has 2 N–H and O–H groups in total. The van der Waals surface area contributed by atoms with Crippen LogP contribution in [0, 0.1) is 13.8 Å². The molecule has 1 fully saturated rings. The minimum atomic E-state index is 0.0406. The highest BCUT2D eigenvalue weighted by Crippen LogP contribution is 2.24. The number of anilines is 1. The van der Waals surface area contributed by atoms with Gasteiger partial charge in [0.25, 0.3) is 0 Å². The maximum Gasteiger partial charge on any atom is 0.238 e. The van der Waals surface area contributed by atoms with E-state index in [0.29, 0.717) is 17.0 Å². The zero-order valence-corrected chi connectivity index (χ0v) is 12.8. The lowest BCUT2D eigenvalue weighted by atomic mass is 10.3. The molecule has 5 nitrogen and oxygen atoms in total. The maximum absolute atomic E-state index is 12.1. The van der Waals surface area contributed by atoms with Crippen LogP contribution in [0.15, 0.2) is 0 Å². The molecule has 1 amide bonds. The predicted molar refractivity (Wildman–Crippen MR) is 79.6 cm³/mol. The predicted octanol–water partition coefficient (Wildman–Crippen LogP) is 1.79. The Balaban J connectivity index is 1.91. The van der Waals surface area contributed by atoms with Crippen LogP contribution in [-0.4, -0.2) is 51.1 Å². The normalized spacial score (nSPS) is 24.4. The van der Waals surface area contributed by atoms with Gasteiger partial charge in [-0.15, -0.1) is 0 Å². The van der Waals surface area contributed by atoms with Gasteiger partial charge in [-0.05, 0) is 13.8 Å². The first kappa shape index (κ1) is 14.4. The van der Waals surface area contributed by atoms with Crippen molar-refractivity contribution in [2.24, 2.45) is 0 Å². The second-order valence-corrected chi connectivity index (χ2v) is 7.19. The number of H-pyrrole nitrogens is 1. The molecule has 2 heterocycles. The van der Waals surface area contributed by atoms with Crippen molar-refractivity contribution in [3.8, 4) is 0 Å². The largest absolute Gasteiger partial charge is 0.322 e. The number of aryl methyl sites for hydroxylation is 2. The number of nitrogens with one attached hydrogen (secondary N) is 2. The zero-order chi connectivity index (χ0) is 14.0. The molecule has 1 aliphatic heterocycles. The number of carbonyl (C=O) groups excluding carboxylic acids is 1. The Labute approximate surface area is 118 Å². The highest BCUT2D eigenvalue weighted by atomic mass is 32.2. The van der Waals surface area contributed by atoms with Crippen molar-refractivity contribution in [3.63, 3.8) is 0 Å². The Hall–Kier alpha value is -1.01. The van der Waals surface area contributed by atoms with Crippen molar-refractivity contribution in [2.75, 3.05) is 25.0 Å². The summed E-state index contributed by atoms with van der Waals surface area (Å²) in [4.78, 5) is 14.3. The molecule has 0 aromatic carbocycles. The lowest BCUT2D eigenvalue weighted by Gasteiger charge is -2.33. The molecule has 2 rings (SSSR count). The third kappa shape index (κ3) is 3.73. The molecule has 19 heavy (non-hydrogen) atoms. The summed E-state index contributed by atoms with van der Waals surface area (Å²) in [6, 6.07) is 0. The van der Waals surface area contributed by atoms with Gasteiger partial charge in [-0.25, -0.2) is 0 Å². The first-order chi connectivity index (χ1) is 8.95. The number of rotatable bonds is 3. The molecule has 1 aliphatic rings. The summed E-state index contributed by atoms with van der Waals surface area (Å²) in [5.41, 5.74) is 2.56. The highest BCUT2D eigenvalue weighted by Gasteiger charge is 2.24. The van der Waals surface area contributed by atoms with Crippen molar-refractivity contribution in [1.82, 2.24) is 15.1 Å². The topological polar surface area (TPSA) is 61.0 Å². The molecule has 1 aromatic rings. The molecule has 0 radical (unpaired) electrons. The Bertz CT molecular complexity index is 430. The van der Waals surface area contributed by atoms with Gasteiger partial charge in [0, 0.05) is 23.6 Å². The van der Waals surface area contributed by atoms with E-state index in [0.717, 1.165) is 30.2 Å². The average molecular weight is 282 g/mol. The van der Waals surface area contributed by atoms with Crippen LogP contribution in [0.2, 0.25) is 0 Å². The Morgan fingerprint density at radius 1 is 1.42 bits per heavy atom. The van der Waals surface area contributed by atoms with Gasteiger partial charge in [-0.2, -0.15) is 16.9 Å². The lowest BCUT2D eigenvalue weighted by Crippen LogP contribution is -2.44. The van der Waals surface area contributed by atoms with Crippen LogP contribution in [0.4, 0.5) is 5.69 Å². The first-order valence-corrected chi connectivity index (χ1v) is 7.59. The van der Waals surface area contributed by atoms with Crippen LogP contribution in [0.5, 0.6) is 0 Å². The number of carbonyl (C=O) groups is 1. The summed E-state index contributed by atoms with van der Waals surface area (Å²) in [5.74, 6) is 0.0406. The van der Waals surface area contributed by atoms with Crippen LogP contribution < -0.4 is 5.32 Å². The third-order valence-corrected chi connectivity index (χ3v) is 4.48. The second kappa shape index (κ2) is 5.96. The van der Waals surface area contributed by atoms with Gasteiger partial charge in [0.05, 0.1) is 23.6 Å². The van der Waals surface area contributed by atoms with Gasteiger partial charge in [-0.3, -0.25) is 14.8 Å². The fourth-order valence-corrected chi connectivity index (χ4v) is 3.92. The monoisotopic (exact) mass is 282 g/mol. The molecule has 0 spiro atoms. The van der Waals surface area contributed by atoms with Crippen molar-refractivity contribution in [3.05, 3.63) is 11.4 Å². The number of hydrogen-bond acceptors (Lipinski definition) is 4. The van der Waals surface area contributed by atoms with Gasteiger partial charge in [0.1, 0.15) is 0 Å². The fraction of sp³-hybridized carbons (Fsp3) is 0.692. The van der Waals surface area contributed by atoms with Crippen LogP contribution in [-0.2, 0) is 4.79 Å². The Morgan fingerprint density at radius 3 is 2.58 bits per heavy atom. The Morgan fingerprint density at radius 2 is 2.05 bits per heavy atom. The van der Waals surface area contributed by atoms with Crippen LogP contribution in [0.25, 0.3) is 0 Å². The van der Waals surface area contributed by atoms with Gasteiger partial charge in [0.15, 0.2) is 0 Å². The SMILES string of the molecule is Cc1n[nH]c(C)c1NC(=O)CN1C[C@H](C)S[C@@H](C)C1. The molecule has 1 aromatic heterocycles. The number of thioether (sulfide) groups is 1. The standard InChI is InChI=1S/C13H22N4OS/c1-8-5-17(6-9(2)19-8)7-12(18)14-13-10(3)15-16-11(13)4/h8-9H,5-7H2,1-4H3,(H,14,18)(H,15,16)/t8-,9-/m0/s1. The third-order valence-electron chi connectivity index (χ3n) is 3.25. The minimum absolute atomic E-state index is 0.0406. The Kier molecular flexibility index (Phi) is 4.52. The zero-order valence-electron chi connectivity index (χ0n) is 12.0. The molecule has 0 unspecified atom stereocenters. The summed E-state index contributed by atoms with van der Waals surface area (Å²) in [6.07, 6.45) is 0. The van der Waals surface area contributed by atoms with Gasteiger partial charge in [-0.1, -0.05) is 13.8 Å². The molecule has 0 aliphatic carbocycles. The van der Waals surface area contributed by atoms with Crippen molar-refractivity contribution < 1.29 is 4.79 Å². The molecule has 1 saturated heterocycles. The molecule has 0 saturated carbocycles. The van der Waals surface area contributed by atoms with Crippen LogP contribution in [0.3, 0.4) is 0 Å². The van der Waals surface area contributed by atoms with Crippen molar-refractivity contribution in [2.45, 2.75) is 38.2 Å². The number of aromatic nitrogens is 2. The maximum atomic E-state index is 12.1. The van der Waals surface area contributed by atoms with E-state index in [-0.39, 0.29) is 5.91 Å². The fourth-order valence-electron chi connectivity index (χ4n) is 2.53. The number of aromatic amines is 1. The summed E-state index contributed by atoms with van der Waals surface area (Å²) >= 11 is 1.99. The van der Waals surface area contributed by atoms with E-state index in [1.54, 1.807) is 0 Å². The quantitative estimate of drug-likeness (QED) is 0.887. The summed E-state index contributed by atoms with van der Waals surface area (Å²) < 4.78 is 0. The summed E-state index contributed by atoms with van der Waals surface area (Å²) in [7, 11) is 0. The van der Waals surface area contributed by atoms with E-state index in [1.807, 2.05) is 25.6 Å². The number of hydrogen-bond donors (Lipinski definition) is 2. The molecule has 0 bridgehead atoms. The highest BCUT2D eigenvalue weighted by molar-refractivity contribution is 8.00. The van der Waals surface area contributed by atoms with Gasteiger partial charge < -0.3 is 5.32 Å². The van der Waals surface area contributed by atoms with Crippen LogP contribution >= 0.6 is 11.8 Å². The van der Waals surface area contributed by atoms with Crippen LogP contribution in [0.1, 0.15) is 25.2 Å². The first-order valence-electron chi connectivity index (χ1n) is 6.65. The summed E-state index contributed by atoms with van der Waals surface area (Å²) in [5, 5.41) is 11.1. The summed E-state index contributed by atoms with van der Waals surface area (Å²) in [6.45, 7) is 10.7. The van der Waals surface area contributed by atoms with E-state index in [2.05, 4.69) is 34.3 Å². The lowest BCUT2D eigenvalue weighted by molar-refractivity contribution is -0.117. The number of nitrogens with zero attached hydrogens (tertiary/aromatic N) is 2. The smallest absolute Gasteiger partial charge is 0.238 e. The van der Waals surface area contributed by atoms with Gasteiger partial charge >= 0.3 is 0 Å². The molecule has 2 atom stereocenters. The van der Waals surface area contributed by atoms with E-state index < -0.39 is 0 Å². The van der Waals surface area contributed by atoms with E-state index in [4.69, 9.17) is 0 Å². The van der Waals surface area contributed by atoms with Gasteiger partial charge in [0.2, 0.25) is 5.91 Å². The van der Waals surface area contributed by atoms with E-state index in [9.17, 15) is 4.79 Å². The molecule has 106 valence electrons. The minimum Gasteiger partial charge on any atom is -0.322 e. The molecule has 6 heteroatoms. The van der Waals surface area contributed by atoms with Crippen molar-refractivity contribution in [1.29, 1.82) is 0 Å². The molecular weight excluding hydrogens is 260 g/mol. The van der Waals surface area contributed by atoms with Crippen molar-refractivity contribution >= 4 is 23.4 Å². The second-order valence-electron chi connectivity index (χ2n) is 5.31. The number of amides is 1. The van der Waals surface area contributed by atoms with E-state index >= 15 is 0 Å². The van der Waals surface area contributed by atoms with E-state index in [1.165, 1.54) is 0 Å². The molecular formula is C13H22N4OS. The average Bonchev–Trinajstić information content (AvgIpc) is 2.59.